The molecule has 9 nitrogen and oxygen atoms in total. The summed E-state index contributed by atoms with van der Waals surface area (Å²) >= 11 is 0. The van der Waals surface area contributed by atoms with E-state index in [0.717, 1.165) is 0 Å². The van der Waals surface area contributed by atoms with E-state index in [1.165, 1.54) is 37.3 Å². The number of hydrogen-bond acceptors (Lipinski definition) is 9. The number of aromatic hydroxyl groups is 2. The summed E-state index contributed by atoms with van der Waals surface area (Å²) in [6.45, 7) is 1.51. The van der Waals surface area contributed by atoms with E-state index in [0.29, 0.717) is 5.56 Å². The molecule has 30 heavy (non-hydrogen) atoms. The van der Waals surface area contributed by atoms with Gasteiger partial charge in [-0.15, -0.1) is 0 Å². The molecule has 1 saturated heterocycles. The van der Waals surface area contributed by atoms with Crippen molar-refractivity contribution >= 4 is 11.9 Å². The summed E-state index contributed by atoms with van der Waals surface area (Å²) in [5.41, 5.74) is 0.571. The zero-order valence-corrected chi connectivity index (χ0v) is 15.8. The molecule has 2 aliphatic rings. The molecule has 0 saturated carbocycles. The third-order valence-electron chi connectivity index (χ3n) is 4.98. The number of aliphatic hydroxyl groups excluding tert-OH is 3. The van der Waals surface area contributed by atoms with Gasteiger partial charge in [0.25, 0.3) is 0 Å². The van der Waals surface area contributed by atoms with Crippen molar-refractivity contribution < 1.29 is 44.5 Å². The Labute approximate surface area is 171 Å². The van der Waals surface area contributed by atoms with Crippen LogP contribution in [0.5, 0.6) is 23.0 Å². The summed E-state index contributed by atoms with van der Waals surface area (Å²) in [6.07, 6.45) is -4.91. The predicted molar refractivity (Wildman–Crippen MR) is 102 cm³/mol. The minimum atomic E-state index is -1.53. The lowest BCUT2D eigenvalue weighted by molar-refractivity contribution is -0.268. The van der Waals surface area contributed by atoms with Gasteiger partial charge in [0.2, 0.25) is 12.1 Å². The highest BCUT2D eigenvalue weighted by Crippen LogP contribution is 2.41. The van der Waals surface area contributed by atoms with E-state index in [2.05, 4.69) is 0 Å². The molecule has 2 aromatic carbocycles. The van der Waals surface area contributed by atoms with Crippen LogP contribution in [0.1, 0.15) is 22.8 Å². The molecular weight excluding hydrogens is 396 g/mol. The Morgan fingerprint density at radius 2 is 1.70 bits per heavy atom. The number of phenols is 2. The second-order valence-electron chi connectivity index (χ2n) is 7.15. The van der Waals surface area contributed by atoms with Crippen LogP contribution in [0.3, 0.4) is 0 Å². The third kappa shape index (κ3) is 3.59. The minimum absolute atomic E-state index is 0.0238. The fourth-order valence-electron chi connectivity index (χ4n) is 3.30. The van der Waals surface area contributed by atoms with E-state index >= 15 is 0 Å². The first-order valence-electron chi connectivity index (χ1n) is 9.21. The number of phenolic OH excluding ortho intramolecular Hbond substituents is 2. The van der Waals surface area contributed by atoms with Crippen molar-refractivity contribution in [2.45, 2.75) is 37.6 Å². The first kappa shape index (κ1) is 20.2. The standard InChI is InChI=1S/C21H20O9/c1-9-17(24)19(26)20(27)21(28-9)29-12-7-13(23)16-14(8-12)30-15(18(16)25)6-10-2-4-11(22)5-3-10/h2-9,17,19-24,26-27H,1H3/b15-6+/t9?,17-,19-,20?,21-/m0/s1. The van der Waals surface area contributed by atoms with Gasteiger partial charge >= 0.3 is 0 Å². The number of carbonyl (C=O) groups excluding carboxylic acids is 1. The summed E-state index contributed by atoms with van der Waals surface area (Å²) in [5, 5.41) is 49.4. The molecule has 2 unspecified atom stereocenters. The first-order valence-corrected chi connectivity index (χ1v) is 9.21. The fourth-order valence-corrected chi connectivity index (χ4v) is 3.30. The molecule has 5 atom stereocenters. The van der Waals surface area contributed by atoms with Crippen LogP contribution >= 0.6 is 0 Å². The second-order valence-corrected chi connectivity index (χ2v) is 7.15. The number of hydrogen-bond donors (Lipinski definition) is 5. The largest absolute Gasteiger partial charge is 0.508 e. The van der Waals surface area contributed by atoms with Crippen LogP contribution in [-0.4, -0.2) is 62.0 Å². The monoisotopic (exact) mass is 416 g/mol. The van der Waals surface area contributed by atoms with Gasteiger partial charge in [-0.25, -0.2) is 0 Å². The van der Waals surface area contributed by atoms with Crippen molar-refractivity contribution in [3.63, 3.8) is 0 Å². The summed E-state index contributed by atoms with van der Waals surface area (Å²) in [6, 6.07) is 8.64. The molecule has 0 radical (unpaired) electrons. The van der Waals surface area contributed by atoms with Gasteiger partial charge in [-0.2, -0.15) is 0 Å². The number of allylic oxidation sites excluding steroid dienone is 1. The van der Waals surface area contributed by atoms with Crippen molar-refractivity contribution in [3.05, 3.63) is 53.3 Å². The lowest BCUT2D eigenvalue weighted by Gasteiger charge is -2.38. The Morgan fingerprint density at radius 3 is 2.40 bits per heavy atom. The number of benzene rings is 2. The van der Waals surface area contributed by atoms with Gasteiger partial charge in [0.15, 0.2) is 5.76 Å². The zero-order valence-electron chi connectivity index (χ0n) is 15.8. The van der Waals surface area contributed by atoms with Crippen molar-refractivity contribution in [1.82, 2.24) is 0 Å². The maximum Gasteiger partial charge on any atom is 0.235 e. The molecular formula is C21H20O9. The number of ether oxygens (including phenoxy) is 3. The van der Waals surface area contributed by atoms with Gasteiger partial charge in [0.1, 0.15) is 46.9 Å². The van der Waals surface area contributed by atoms with E-state index in [9.17, 15) is 30.3 Å². The summed E-state index contributed by atoms with van der Waals surface area (Å²) in [7, 11) is 0. The highest BCUT2D eigenvalue weighted by molar-refractivity contribution is 6.16. The van der Waals surface area contributed by atoms with Crippen LogP contribution in [0.2, 0.25) is 0 Å². The molecule has 0 amide bonds. The molecule has 0 aromatic heterocycles. The van der Waals surface area contributed by atoms with E-state index in [-0.39, 0.29) is 34.3 Å². The number of fused-ring (bicyclic) bond motifs is 1. The molecule has 5 N–H and O–H groups in total. The quantitative estimate of drug-likeness (QED) is 0.461. The van der Waals surface area contributed by atoms with E-state index in [1.54, 1.807) is 12.1 Å². The lowest BCUT2D eigenvalue weighted by Crippen LogP contribution is -2.58. The number of rotatable bonds is 3. The maximum atomic E-state index is 12.6. The topological polar surface area (TPSA) is 146 Å². The molecule has 1 fully saturated rings. The second kappa shape index (κ2) is 7.62. The van der Waals surface area contributed by atoms with Crippen molar-refractivity contribution in [3.8, 4) is 23.0 Å². The number of aliphatic hydroxyl groups is 3. The molecule has 9 heteroatoms. The van der Waals surface area contributed by atoms with Crippen LogP contribution in [0, 0.1) is 0 Å². The van der Waals surface area contributed by atoms with Crippen LogP contribution in [0.4, 0.5) is 0 Å². The van der Waals surface area contributed by atoms with E-state index in [1.807, 2.05) is 0 Å². The van der Waals surface area contributed by atoms with E-state index < -0.39 is 36.5 Å². The molecule has 2 heterocycles. The molecule has 4 rings (SSSR count). The van der Waals surface area contributed by atoms with Gasteiger partial charge in [-0.1, -0.05) is 12.1 Å². The van der Waals surface area contributed by atoms with Gasteiger partial charge in [-0.3, -0.25) is 4.79 Å². The Balaban J connectivity index is 1.58. The molecule has 0 aliphatic carbocycles. The highest BCUT2D eigenvalue weighted by Gasteiger charge is 2.43. The summed E-state index contributed by atoms with van der Waals surface area (Å²) in [4.78, 5) is 12.6. The SMILES string of the molecule is CC1O[C@@H](Oc2cc(O)c3c(c2)O/C(=C/c2ccc(O)cc2)C3=O)C(O)[C@@H](O)[C@H]1O. The normalized spacial score (nSPS) is 29.5. The summed E-state index contributed by atoms with van der Waals surface area (Å²) in [5.74, 6) is -0.769. The predicted octanol–water partition coefficient (Wildman–Crippen LogP) is 0.920. The molecule has 0 bridgehead atoms. The van der Waals surface area contributed by atoms with Crippen LogP contribution in [0.15, 0.2) is 42.2 Å². The van der Waals surface area contributed by atoms with Gasteiger partial charge in [0, 0.05) is 12.1 Å². The first-order chi connectivity index (χ1) is 14.2. The molecule has 2 aliphatic heterocycles. The average molecular weight is 416 g/mol. The van der Waals surface area contributed by atoms with Crippen LogP contribution < -0.4 is 9.47 Å². The van der Waals surface area contributed by atoms with Gasteiger partial charge < -0.3 is 39.7 Å². The Hall–Kier alpha value is -3.11. The van der Waals surface area contributed by atoms with Crippen LogP contribution in [-0.2, 0) is 4.74 Å². The van der Waals surface area contributed by atoms with E-state index in [4.69, 9.17) is 14.2 Å². The zero-order chi connectivity index (χ0) is 21.6. The fraction of sp³-hybridized carbons (Fsp3) is 0.286. The number of carbonyl (C=O) groups is 1. The van der Waals surface area contributed by atoms with Crippen molar-refractivity contribution in [2.75, 3.05) is 0 Å². The lowest BCUT2D eigenvalue weighted by atomic mass is 10.00. The van der Waals surface area contributed by atoms with Gasteiger partial charge in [0.05, 0.1) is 6.10 Å². The Bertz CT molecular complexity index is 998. The molecule has 0 spiro atoms. The average Bonchev–Trinajstić information content (AvgIpc) is 3.02. The third-order valence-corrected chi connectivity index (χ3v) is 4.98. The number of Topliss-reactive ketones (excluding diaryl/α,β-unsaturated/α-hetero) is 1. The maximum absolute atomic E-state index is 12.6. The number of ketones is 1. The van der Waals surface area contributed by atoms with Gasteiger partial charge in [-0.05, 0) is 30.7 Å². The minimum Gasteiger partial charge on any atom is -0.508 e. The summed E-state index contributed by atoms with van der Waals surface area (Å²) < 4.78 is 16.5. The van der Waals surface area contributed by atoms with Crippen molar-refractivity contribution in [1.29, 1.82) is 0 Å². The molecule has 2 aromatic rings. The van der Waals surface area contributed by atoms with Crippen LogP contribution in [0.25, 0.3) is 6.08 Å². The smallest absolute Gasteiger partial charge is 0.235 e. The Morgan fingerprint density at radius 1 is 1.00 bits per heavy atom. The van der Waals surface area contributed by atoms with Crippen molar-refractivity contribution in [2.24, 2.45) is 0 Å². The molecule has 158 valence electrons. The Kier molecular flexibility index (Phi) is 5.12. The highest BCUT2D eigenvalue weighted by atomic mass is 16.7.